The van der Waals surface area contributed by atoms with Crippen molar-refractivity contribution in [1.29, 1.82) is 0 Å². The maximum Gasteiger partial charge on any atom is 0.239 e. The molecule has 110 valence electrons. The molecule has 0 spiro atoms. The lowest BCUT2D eigenvalue weighted by Crippen LogP contribution is -2.40. The summed E-state index contributed by atoms with van der Waals surface area (Å²) in [5.41, 5.74) is 0. The number of nitrogens with zero attached hydrogens (tertiary/aromatic N) is 1. The quantitative estimate of drug-likeness (QED) is 0.597. The summed E-state index contributed by atoms with van der Waals surface area (Å²) < 4.78 is 4.89. The second kappa shape index (κ2) is 8.87. The van der Waals surface area contributed by atoms with E-state index in [0.29, 0.717) is 19.6 Å². The van der Waals surface area contributed by atoms with Crippen molar-refractivity contribution in [3.05, 3.63) is 0 Å². The lowest BCUT2D eigenvalue weighted by atomic mass is 10.1. The molecule has 0 aromatic carbocycles. The van der Waals surface area contributed by atoms with Gasteiger partial charge in [0.15, 0.2) is 0 Å². The van der Waals surface area contributed by atoms with Crippen molar-refractivity contribution >= 4 is 11.8 Å². The van der Waals surface area contributed by atoms with Gasteiger partial charge in [-0.05, 0) is 25.8 Å². The zero-order valence-electron chi connectivity index (χ0n) is 11.9. The third-order valence-corrected chi connectivity index (χ3v) is 3.24. The predicted octanol–water partition coefficient (Wildman–Crippen LogP) is -0.260. The van der Waals surface area contributed by atoms with E-state index in [0.717, 1.165) is 25.8 Å². The molecule has 0 saturated carbocycles. The summed E-state index contributed by atoms with van der Waals surface area (Å²) in [5.74, 6) is -0.0993. The number of carbonyl (C=O) groups is 2. The molecule has 1 atom stereocenters. The molecule has 1 unspecified atom stereocenters. The minimum Gasteiger partial charge on any atom is -0.385 e. The zero-order valence-corrected chi connectivity index (χ0v) is 11.9. The standard InChI is InChI=1S/C13H25N3O3/c1-16(10-12(17)15-7-4-8-19-2)13(18)9-11-5-3-6-14-11/h11,14H,3-10H2,1-2H3,(H,15,17). The maximum atomic E-state index is 11.9. The van der Waals surface area contributed by atoms with Gasteiger partial charge in [0.25, 0.3) is 0 Å². The van der Waals surface area contributed by atoms with Gasteiger partial charge >= 0.3 is 0 Å². The number of likely N-dealkylation sites (N-methyl/N-ethyl adjacent to an activating group) is 1. The highest BCUT2D eigenvalue weighted by Gasteiger charge is 2.20. The Hall–Kier alpha value is -1.14. The number of hydrogen-bond acceptors (Lipinski definition) is 4. The summed E-state index contributed by atoms with van der Waals surface area (Å²) in [7, 11) is 3.30. The van der Waals surface area contributed by atoms with Crippen molar-refractivity contribution < 1.29 is 14.3 Å². The Morgan fingerprint density at radius 1 is 1.47 bits per heavy atom. The molecule has 0 aromatic rings. The molecule has 1 heterocycles. The van der Waals surface area contributed by atoms with Gasteiger partial charge in [0.05, 0.1) is 6.54 Å². The van der Waals surface area contributed by atoms with Gasteiger partial charge in [-0.15, -0.1) is 0 Å². The first-order valence-corrected chi connectivity index (χ1v) is 6.86. The fourth-order valence-corrected chi connectivity index (χ4v) is 2.10. The lowest BCUT2D eigenvalue weighted by molar-refractivity contribution is -0.135. The molecular weight excluding hydrogens is 246 g/mol. The second-order valence-electron chi connectivity index (χ2n) is 4.94. The highest BCUT2D eigenvalue weighted by Crippen LogP contribution is 2.09. The summed E-state index contributed by atoms with van der Waals surface area (Å²) in [6, 6.07) is 0.278. The molecule has 1 saturated heterocycles. The van der Waals surface area contributed by atoms with Gasteiger partial charge in [-0.2, -0.15) is 0 Å². The molecule has 1 rings (SSSR count). The fourth-order valence-electron chi connectivity index (χ4n) is 2.10. The number of amides is 2. The molecule has 1 aliphatic rings. The van der Waals surface area contributed by atoms with Crippen LogP contribution in [0, 0.1) is 0 Å². The number of methoxy groups -OCH3 is 1. The first-order valence-electron chi connectivity index (χ1n) is 6.86. The van der Waals surface area contributed by atoms with E-state index in [1.165, 1.54) is 4.90 Å². The molecule has 0 aromatic heterocycles. The normalized spacial score (nSPS) is 18.3. The van der Waals surface area contributed by atoms with Crippen LogP contribution < -0.4 is 10.6 Å². The van der Waals surface area contributed by atoms with E-state index in [1.54, 1.807) is 14.2 Å². The highest BCUT2D eigenvalue weighted by atomic mass is 16.5. The van der Waals surface area contributed by atoms with E-state index in [4.69, 9.17) is 4.74 Å². The van der Waals surface area contributed by atoms with Crippen LogP contribution in [0.4, 0.5) is 0 Å². The average molecular weight is 271 g/mol. The molecule has 1 aliphatic heterocycles. The van der Waals surface area contributed by atoms with Crippen LogP contribution in [0.2, 0.25) is 0 Å². The van der Waals surface area contributed by atoms with Gasteiger partial charge in [-0.3, -0.25) is 9.59 Å². The van der Waals surface area contributed by atoms with Crippen molar-refractivity contribution in [3.63, 3.8) is 0 Å². The summed E-state index contributed by atoms with van der Waals surface area (Å²) in [6.07, 6.45) is 3.43. The number of rotatable bonds is 8. The number of ether oxygens (including phenoxy) is 1. The maximum absolute atomic E-state index is 11.9. The Morgan fingerprint density at radius 2 is 2.26 bits per heavy atom. The Morgan fingerprint density at radius 3 is 2.89 bits per heavy atom. The predicted molar refractivity (Wildman–Crippen MR) is 72.8 cm³/mol. The minimum absolute atomic E-state index is 0.0199. The largest absolute Gasteiger partial charge is 0.385 e. The Bertz CT molecular complexity index is 291. The molecule has 0 bridgehead atoms. The molecule has 0 radical (unpaired) electrons. The van der Waals surface area contributed by atoms with Gasteiger partial charge < -0.3 is 20.3 Å². The molecule has 6 heteroatoms. The summed E-state index contributed by atoms with van der Waals surface area (Å²) in [4.78, 5) is 25.0. The Balaban J connectivity index is 2.15. The molecular formula is C13H25N3O3. The van der Waals surface area contributed by atoms with Gasteiger partial charge in [-0.1, -0.05) is 0 Å². The lowest BCUT2D eigenvalue weighted by Gasteiger charge is -2.19. The Labute approximate surface area is 114 Å². The van der Waals surface area contributed by atoms with E-state index in [9.17, 15) is 9.59 Å². The minimum atomic E-state index is -0.119. The molecule has 19 heavy (non-hydrogen) atoms. The third kappa shape index (κ3) is 6.54. The van der Waals surface area contributed by atoms with Crippen LogP contribution in [0.3, 0.4) is 0 Å². The van der Waals surface area contributed by atoms with Crippen LogP contribution in [0.25, 0.3) is 0 Å². The van der Waals surface area contributed by atoms with E-state index < -0.39 is 0 Å². The molecule has 6 nitrogen and oxygen atoms in total. The van der Waals surface area contributed by atoms with Gasteiger partial charge in [-0.25, -0.2) is 0 Å². The van der Waals surface area contributed by atoms with Crippen LogP contribution in [-0.4, -0.2) is 63.2 Å². The Kier molecular flexibility index (Phi) is 7.43. The number of carbonyl (C=O) groups excluding carboxylic acids is 2. The van der Waals surface area contributed by atoms with Crippen LogP contribution >= 0.6 is 0 Å². The summed E-state index contributed by atoms with van der Waals surface area (Å²) in [5, 5.41) is 6.05. The highest BCUT2D eigenvalue weighted by molar-refractivity contribution is 5.84. The van der Waals surface area contributed by atoms with Crippen molar-refractivity contribution in [2.75, 3.05) is 40.4 Å². The molecule has 0 aliphatic carbocycles. The summed E-state index contributed by atoms with van der Waals surface area (Å²) >= 11 is 0. The molecule has 1 fully saturated rings. The number of hydrogen-bond donors (Lipinski definition) is 2. The van der Waals surface area contributed by atoms with Crippen molar-refractivity contribution in [1.82, 2.24) is 15.5 Å². The smallest absolute Gasteiger partial charge is 0.239 e. The van der Waals surface area contributed by atoms with Crippen LogP contribution in [0.15, 0.2) is 0 Å². The molecule has 2 amide bonds. The van der Waals surface area contributed by atoms with Gasteiger partial charge in [0.1, 0.15) is 0 Å². The van der Waals surface area contributed by atoms with Crippen LogP contribution in [0.1, 0.15) is 25.7 Å². The molecule has 2 N–H and O–H groups in total. The van der Waals surface area contributed by atoms with Crippen LogP contribution in [0.5, 0.6) is 0 Å². The van der Waals surface area contributed by atoms with E-state index >= 15 is 0 Å². The SMILES string of the molecule is COCCCNC(=O)CN(C)C(=O)CC1CCCN1. The second-order valence-corrected chi connectivity index (χ2v) is 4.94. The van der Waals surface area contributed by atoms with Gasteiger partial charge in [0.2, 0.25) is 11.8 Å². The number of nitrogens with one attached hydrogen (secondary N) is 2. The van der Waals surface area contributed by atoms with E-state index in [1.807, 2.05) is 0 Å². The summed E-state index contributed by atoms with van der Waals surface area (Å²) in [6.45, 7) is 2.32. The third-order valence-electron chi connectivity index (χ3n) is 3.24. The average Bonchev–Trinajstić information content (AvgIpc) is 2.87. The van der Waals surface area contributed by atoms with E-state index in [2.05, 4.69) is 10.6 Å². The van der Waals surface area contributed by atoms with E-state index in [-0.39, 0.29) is 24.4 Å². The first-order chi connectivity index (χ1) is 9.13. The van der Waals surface area contributed by atoms with Crippen molar-refractivity contribution in [2.45, 2.75) is 31.7 Å². The zero-order chi connectivity index (χ0) is 14.1. The monoisotopic (exact) mass is 271 g/mol. The van der Waals surface area contributed by atoms with Crippen LogP contribution in [-0.2, 0) is 14.3 Å². The fraction of sp³-hybridized carbons (Fsp3) is 0.846. The van der Waals surface area contributed by atoms with Gasteiger partial charge in [0, 0.05) is 39.8 Å². The topological polar surface area (TPSA) is 70.7 Å². The first kappa shape index (κ1) is 15.9. The van der Waals surface area contributed by atoms with Crippen molar-refractivity contribution in [2.24, 2.45) is 0 Å². The van der Waals surface area contributed by atoms with Crippen molar-refractivity contribution in [3.8, 4) is 0 Å².